The van der Waals surface area contributed by atoms with Crippen molar-refractivity contribution >= 4 is 29.1 Å². The van der Waals surface area contributed by atoms with Crippen LogP contribution in [0.5, 0.6) is 0 Å². The average molecular weight is 315 g/mol. The number of nitrogens with one attached hydrogen (secondary N) is 2. The molecule has 5 heteroatoms. The third-order valence-corrected chi connectivity index (χ3v) is 4.17. The Morgan fingerprint density at radius 1 is 1.35 bits per heavy atom. The minimum atomic E-state index is 0.0145. The summed E-state index contributed by atoms with van der Waals surface area (Å²) in [7, 11) is 0. The summed E-state index contributed by atoms with van der Waals surface area (Å²) in [6.07, 6.45) is 2.58. The second-order valence-electron chi connectivity index (χ2n) is 5.41. The minimum absolute atomic E-state index is 0.0145. The van der Waals surface area contributed by atoms with E-state index in [0.717, 1.165) is 18.0 Å². The van der Waals surface area contributed by atoms with Gasteiger partial charge in [-0.15, -0.1) is 0 Å². The van der Waals surface area contributed by atoms with Gasteiger partial charge in [-0.1, -0.05) is 36.2 Å². The Balaban J connectivity index is 1.75. The van der Waals surface area contributed by atoms with Crippen LogP contribution >= 0.6 is 23.2 Å². The summed E-state index contributed by atoms with van der Waals surface area (Å²) in [4.78, 5) is 11.7. The van der Waals surface area contributed by atoms with Gasteiger partial charge in [0, 0.05) is 22.5 Å². The van der Waals surface area contributed by atoms with Gasteiger partial charge < -0.3 is 10.6 Å². The molecule has 1 aromatic rings. The molecule has 0 heterocycles. The van der Waals surface area contributed by atoms with Crippen molar-refractivity contribution in [3.8, 4) is 0 Å². The number of hydrogen-bond donors (Lipinski definition) is 2. The number of rotatable bonds is 7. The van der Waals surface area contributed by atoms with Gasteiger partial charge in [0.15, 0.2) is 0 Å². The Morgan fingerprint density at radius 3 is 2.60 bits per heavy atom. The van der Waals surface area contributed by atoms with Crippen molar-refractivity contribution in [2.24, 2.45) is 5.92 Å². The molecule has 110 valence electrons. The summed E-state index contributed by atoms with van der Waals surface area (Å²) in [5.74, 6) is 0.882. The van der Waals surface area contributed by atoms with Crippen molar-refractivity contribution in [2.75, 3.05) is 19.6 Å². The van der Waals surface area contributed by atoms with E-state index in [4.69, 9.17) is 23.2 Å². The fourth-order valence-corrected chi connectivity index (χ4v) is 2.89. The Hall–Kier alpha value is -0.770. The maximum absolute atomic E-state index is 11.7. The molecule has 1 saturated carbocycles. The third kappa shape index (κ3) is 4.65. The van der Waals surface area contributed by atoms with E-state index in [-0.39, 0.29) is 11.8 Å². The molecular weight excluding hydrogens is 295 g/mol. The molecule has 0 bridgehead atoms. The van der Waals surface area contributed by atoms with Crippen molar-refractivity contribution in [3.63, 3.8) is 0 Å². The first kappa shape index (κ1) is 15.6. The molecule has 1 atom stereocenters. The number of amides is 1. The van der Waals surface area contributed by atoms with E-state index in [0.29, 0.717) is 23.1 Å². The van der Waals surface area contributed by atoms with Crippen LogP contribution in [0, 0.1) is 5.92 Å². The molecule has 0 aromatic heterocycles. The molecule has 0 aliphatic heterocycles. The molecule has 2 rings (SSSR count). The number of halogens is 2. The first-order valence-electron chi connectivity index (χ1n) is 6.99. The molecule has 0 spiro atoms. The Morgan fingerprint density at radius 2 is 2.00 bits per heavy atom. The van der Waals surface area contributed by atoms with Crippen molar-refractivity contribution in [1.82, 2.24) is 10.6 Å². The molecule has 0 radical (unpaired) electrons. The summed E-state index contributed by atoms with van der Waals surface area (Å²) in [5.41, 5.74) is 0.891. The maximum atomic E-state index is 11.7. The van der Waals surface area contributed by atoms with E-state index >= 15 is 0 Å². The van der Waals surface area contributed by atoms with Crippen molar-refractivity contribution in [2.45, 2.75) is 25.7 Å². The molecule has 1 aliphatic rings. The summed E-state index contributed by atoms with van der Waals surface area (Å²) in [6.45, 7) is 3.86. The van der Waals surface area contributed by atoms with Gasteiger partial charge in [0.2, 0.25) is 5.91 Å². The van der Waals surface area contributed by atoms with Gasteiger partial charge >= 0.3 is 0 Å². The van der Waals surface area contributed by atoms with Gasteiger partial charge in [-0.2, -0.15) is 0 Å². The predicted octanol–water partition coefficient (Wildman–Crippen LogP) is 3.21. The summed E-state index contributed by atoms with van der Waals surface area (Å²) < 4.78 is 0. The highest BCUT2D eigenvalue weighted by atomic mass is 35.5. The minimum Gasteiger partial charge on any atom is -0.354 e. The second kappa shape index (κ2) is 7.30. The zero-order valence-electron chi connectivity index (χ0n) is 11.6. The molecule has 0 saturated heterocycles. The fourth-order valence-electron chi connectivity index (χ4n) is 2.12. The topological polar surface area (TPSA) is 41.1 Å². The highest BCUT2D eigenvalue weighted by Crippen LogP contribution is 2.31. The lowest BCUT2D eigenvalue weighted by atomic mass is 10.0. The van der Waals surface area contributed by atoms with Crippen molar-refractivity contribution in [1.29, 1.82) is 0 Å². The van der Waals surface area contributed by atoms with Crippen LogP contribution in [0.4, 0.5) is 0 Å². The van der Waals surface area contributed by atoms with Crippen LogP contribution < -0.4 is 10.6 Å². The molecule has 1 unspecified atom stereocenters. The highest BCUT2D eigenvalue weighted by molar-refractivity contribution is 6.36. The van der Waals surface area contributed by atoms with E-state index in [1.165, 1.54) is 12.8 Å². The zero-order chi connectivity index (χ0) is 14.5. The van der Waals surface area contributed by atoms with Crippen LogP contribution in [0.15, 0.2) is 18.2 Å². The van der Waals surface area contributed by atoms with Gasteiger partial charge in [-0.3, -0.25) is 4.79 Å². The van der Waals surface area contributed by atoms with Gasteiger partial charge in [0.25, 0.3) is 0 Å². The number of benzene rings is 1. The van der Waals surface area contributed by atoms with Crippen LogP contribution in [0.25, 0.3) is 0 Å². The number of hydrogen-bond acceptors (Lipinski definition) is 2. The van der Waals surface area contributed by atoms with Crippen molar-refractivity contribution in [3.05, 3.63) is 33.8 Å². The molecule has 1 fully saturated rings. The largest absolute Gasteiger partial charge is 0.354 e. The van der Waals surface area contributed by atoms with E-state index in [2.05, 4.69) is 10.6 Å². The van der Waals surface area contributed by atoms with Crippen LogP contribution in [0.2, 0.25) is 10.0 Å². The molecule has 1 aromatic carbocycles. The van der Waals surface area contributed by atoms with E-state index in [1.54, 1.807) is 0 Å². The van der Waals surface area contributed by atoms with Crippen molar-refractivity contribution < 1.29 is 4.79 Å². The van der Waals surface area contributed by atoms with Crippen LogP contribution in [0.1, 0.15) is 31.2 Å². The molecule has 2 N–H and O–H groups in total. The van der Waals surface area contributed by atoms with Crippen LogP contribution in [0.3, 0.4) is 0 Å². The molecule has 1 amide bonds. The lowest BCUT2D eigenvalue weighted by Crippen LogP contribution is -2.36. The van der Waals surface area contributed by atoms with Crippen LogP contribution in [-0.4, -0.2) is 25.5 Å². The normalized spacial score (nSPS) is 15.9. The van der Waals surface area contributed by atoms with Gasteiger partial charge in [-0.25, -0.2) is 0 Å². The Bertz CT molecular complexity index is 455. The Kier molecular flexibility index (Phi) is 5.70. The standard InChI is InChI=1S/C15H20Cl2N2O/c1-10(15-12(16)3-2-4-13(15)17)7-19-14(20)9-18-8-11-5-6-11/h2-4,10-11,18H,5-9H2,1H3,(H,19,20). The first-order valence-corrected chi connectivity index (χ1v) is 7.75. The van der Waals surface area contributed by atoms with Gasteiger partial charge in [0.05, 0.1) is 6.54 Å². The van der Waals surface area contributed by atoms with E-state index < -0.39 is 0 Å². The molecule has 20 heavy (non-hydrogen) atoms. The molecule has 1 aliphatic carbocycles. The summed E-state index contributed by atoms with van der Waals surface area (Å²) in [5, 5.41) is 7.37. The SMILES string of the molecule is CC(CNC(=O)CNCC1CC1)c1c(Cl)cccc1Cl. The Labute approximate surface area is 130 Å². The van der Waals surface area contributed by atoms with Gasteiger partial charge in [-0.05, 0) is 43.0 Å². The summed E-state index contributed by atoms with van der Waals surface area (Å²) >= 11 is 12.3. The first-order chi connectivity index (χ1) is 9.58. The van der Waals surface area contributed by atoms with Crippen LogP contribution in [-0.2, 0) is 4.79 Å². The monoisotopic (exact) mass is 314 g/mol. The number of carbonyl (C=O) groups is 1. The fraction of sp³-hybridized carbons (Fsp3) is 0.533. The lowest BCUT2D eigenvalue weighted by Gasteiger charge is -2.16. The average Bonchev–Trinajstić information content (AvgIpc) is 3.20. The molecule has 3 nitrogen and oxygen atoms in total. The lowest BCUT2D eigenvalue weighted by molar-refractivity contribution is -0.120. The van der Waals surface area contributed by atoms with E-state index in [1.807, 2.05) is 25.1 Å². The quantitative estimate of drug-likeness (QED) is 0.811. The highest BCUT2D eigenvalue weighted by Gasteiger charge is 2.20. The zero-order valence-corrected chi connectivity index (χ0v) is 13.1. The number of carbonyl (C=O) groups excluding carboxylic acids is 1. The third-order valence-electron chi connectivity index (χ3n) is 3.51. The van der Waals surface area contributed by atoms with Gasteiger partial charge in [0.1, 0.15) is 0 Å². The smallest absolute Gasteiger partial charge is 0.233 e. The molecular formula is C15H20Cl2N2O. The predicted molar refractivity (Wildman–Crippen MR) is 83.5 cm³/mol. The van der Waals surface area contributed by atoms with E-state index in [9.17, 15) is 4.79 Å². The summed E-state index contributed by atoms with van der Waals surface area (Å²) in [6, 6.07) is 5.46. The second-order valence-corrected chi connectivity index (χ2v) is 6.23. The maximum Gasteiger partial charge on any atom is 0.233 e.